The molecule has 3 nitrogen and oxygen atoms in total. The number of aryl methyl sites for hydroxylation is 1. The van der Waals surface area contributed by atoms with Gasteiger partial charge in [0.1, 0.15) is 9.84 Å². The van der Waals surface area contributed by atoms with Gasteiger partial charge in [-0.25, -0.2) is 8.42 Å². The molecule has 0 heterocycles. The number of hydrogen-bond donors (Lipinski definition) is 0. The quantitative estimate of drug-likeness (QED) is 0.587. The van der Waals surface area contributed by atoms with E-state index in [1.165, 1.54) is 18.0 Å². The lowest BCUT2D eigenvalue weighted by Gasteiger charge is -2.02. The van der Waals surface area contributed by atoms with Gasteiger partial charge in [-0.1, -0.05) is 23.8 Å². The molecule has 1 aromatic carbocycles. The molecule has 0 aromatic heterocycles. The first-order valence-corrected chi connectivity index (χ1v) is 8.45. The summed E-state index contributed by atoms with van der Waals surface area (Å²) in [6, 6.07) is 7.42. The Morgan fingerprint density at radius 2 is 2.06 bits per heavy atom. The largest absolute Gasteiger partial charge is 0.293 e. The van der Waals surface area contributed by atoms with Crippen molar-refractivity contribution in [3.63, 3.8) is 0 Å². The standard InChI is InChI=1S/C12H16O3S2/c1-10-4-3-5-11(8-10)12(13)9-16-6-7-17(2,14)15/h3-5,8H,6-7,9H2,1-2H3. The molecule has 0 saturated heterocycles. The molecule has 0 aliphatic heterocycles. The normalized spacial score (nSPS) is 11.4. The van der Waals surface area contributed by atoms with Crippen LogP contribution in [0.3, 0.4) is 0 Å². The van der Waals surface area contributed by atoms with Crippen LogP contribution < -0.4 is 0 Å². The van der Waals surface area contributed by atoms with Gasteiger partial charge in [-0.2, -0.15) is 11.8 Å². The van der Waals surface area contributed by atoms with E-state index in [9.17, 15) is 13.2 Å². The summed E-state index contributed by atoms with van der Waals surface area (Å²) >= 11 is 1.36. The second-order valence-corrected chi connectivity index (χ2v) is 7.34. The van der Waals surface area contributed by atoms with Gasteiger partial charge in [0.15, 0.2) is 5.78 Å². The number of Topliss-reactive ketones (excluding diaryl/α,β-unsaturated/α-hetero) is 1. The molecule has 0 amide bonds. The smallest absolute Gasteiger partial charge is 0.172 e. The lowest BCUT2D eigenvalue weighted by molar-refractivity contribution is 0.102. The first kappa shape index (κ1) is 14.3. The van der Waals surface area contributed by atoms with E-state index in [-0.39, 0.29) is 11.5 Å². The molecule has 0 saturated carbocycles. The van der Waals surface area contributed by atoms with E-state index in [0.29, 0.717) is 17.1 Å². The highest BCUT2D eigenvalue weighted by Crippen LogP contribution is 2.09. The molecule has 1 aromatic rings. The van der Waals surface area contributed by atoms with Crippen molar-refractivity contribution in [3.8, 4) is 0 Å². The summed E-state index contributed by atoms with van der Waals surface area (Å²) < 4.78 is 21.8. The van der Waals surface area contributed by atoms with Crippen LogP contribution in [0, 0.1) is 6.92 Å². The number of hydrogen-bond acceptors (Lipinski definition) is 4. The molecular weight excluding hydrogens is 256 g/mol. The van der Waals surface area contributed by atoms with Crippen molar-refractivity contribution in [2.45, 2.75) is 6.92 Å². The van der Waals surface area contributed by atoms with Crippen LogP contribution in [0.4, 0.5) is 0 Å². The second kappa shape index (κ2) is 6.21. The van der Waals surface area contributed by atoms with Crippen LogP contribution in [0.15, 0.2) is 24.3 Å². The molecule has 0 bridgehead atoms. The highest BCUT2D eigenvalue weighted by molar-refractivity contribution is 8.01. The fraction of sp³-hybridized carbons (Fsp3) is 0.417. The topological polar surface area (TPSA) is 51.2 Å². The average molecular weight is 272 g/mol. The predicted molar refractivity (Wildman–Crippen MR) is 72.5 cm³/mol. The summed E-state index contributed by atoms with van der Waals surface area (Å²) in [4.78, 5) is 11.8. The first-order chi connectivity index (χ1) is 7.88. The third-order valence-electron chi connectivity index (χ3n) is 2.17. The maximum absolute atomic E-state index is 11.8. The number of benzene rings is 1. The Labute approximate surface area is 107 Å². The summed E-state index contributed by atoms with van der Waals surface area (Å²) in [6.45, 7) is 1.94. The van der Waals surface area contributed by atoms with Gasteiger partial charge < -0.3 is 0 Å². The van der Waals surface area contributed by atoms with Crippen molar-refractivity contribution in [3.05, 3.63) is 35.4 Å². The Hall–Kier alpha value is -0.810. The fourth-order valence-electron chi connectivity index (χ4n) is 1.28. The van der Waals surface area contributed by atoms with Gasteiger partial charge in [0.25, 0.3) is 0 Å². The van der Waals surface area contributed by atoms with Crippen molar-refractivity contribution in [1.29, 1.82) is 0 Å². The number of rotatable bonds is 6. The van der Waals surface area contributed by atoms with Gasteiger partial charge in [-0.3, -0.25) is 4.79 Å². The molecule has 0 fully saturated rings. The Bertz CT molecular complexity index is 492. The minimum absolute atomic E-state index is 0.0483. The van der Waals surface area contributed by atoms with Crippen LogP contribution >= 0.6 is 11.8 Å². The van der Waals surface area contributed by atoms with Crippen LogP contribution in [0.25, 0.3) is 0 Å². The van der Waals surface area contributed by atoms with E-state index in [4.69, 9.17) is 0 Å². The molecule has 0 radical (unpaired) electrons. The van der Waals surface area contributed by atoms with Crippen molar-refractivity contribution >= 4 is 27.4 Å². The highest BCUT2D eigenvalue weighted by Gasteiger charge is 2.07. The van der Waals surface area contributed by atoms with E-state index in [1.54, 1.807) is 6.07 Å². The number of carbonyl (C=O) groups excluding carboxylic acids is 1. The zero-order chi connectivity index (χ0) is 12.9. The summed E-state index contributed by atoms with van der Waals surface area (Å²) in [6.07, 6.45) is 1.20. The van der Waals surface area contributed by atoms with Gasteiger partial charge in [-0.15, -0.1) is 0 Å². The Balaban J connectivity index is 2.41. The molecule has 0 aliphatic carbocycles. The molecular formula is C12H16O3S2. The number of sulfone groups is 1. The van der Waals surface area contributed by atoms with Crippen LogP contribution in [0.1, 0.15) is 15.9 Å². The lowest BCUT2D eigenvalue weighted by Crippen LogP contribution is -2.08. The Morgan fingerprint density at radius 1 is 1.35 bits per heavy atom. The zero-order valence-electron chi connectivity index (χ0n) is 9.97. The molecule has 1 rings (SSSR count). The SMILES string of the molecule is Cc1cccc(C(=O)CSCCS(C)(=O)=O)c1. The zero-order valence-corrected chi connectivity index (χ0v) is 11.6. The van der Waals surface area contributed by atoms with Crippen molar-refractivity contribution in [2.24, 2.45) is 0 Å². The molecule has 17 heavy (non-hydrogen) atoms. The van der Waals surface area contributed by atoms with E-state index in [1.807, 2.05) is 25.1 Å². The molecule has 0 N–H and O–H groups in total. The maximum atomic E-state index is 11.8. The number of ketones is 1. The van der Waals surface area contributed by atoms with Crippen LogP contribution in [0.2, 0.25) is 0 Å². The fourth-order valence-corrected chi connectivity index (χ4v) is 3.46. The number of carbonyl (C=O) groups is 1. The van der Waals surface area contributed by atoms with Crippen molar-refractivity contribution in [1.82, 2.24) is 0 Å². The average Bonchev–Trinajstić information content (AvgIpc) is 2.23. The monoisotopic (exact) mass is 272 g/mol. The van der Waals surface area contributed by atoms with Gasteiger partial charge in [0.2, 0.25) is 0 Å². The highest BCUT2D eigenvalue weighted by atomic mass is 32.2. The van der Waals surface area contributed by atoms with Crippen LogP contribution in [-0.4, -0.2) is 37.7 Å². The van der Waals surface area contributed by atoms with Crippen LogP contribution in [0.5, 0.6) is 0 Å². The van der Waals surface area contributed by atoms with E-state index >= 15 is 0 Å². The first-order valence-electron chi connectivity index (χ1n) is 5.24. The lowest BCUT2D eigenvalue weighted by atomic mass is 10.1. The third kappa shape index (κ3) is 5.89. The van der Waals surface area contributed by atoms with Gasteiger partial charge in [-0.05, 0) is 13.0 Å². The molecule has 0 atom stereocenters. The van der Waals surface area contributed by atoms with E-state index in [2.05, 4.69) is 0 Å². The Morgan fingerprint density at radius 3 is 2.65 bits per heavy atom. The third-order valence-corrected chi connectivity index (χ3v) is 4.33. The summed E-state index contributed by atoms with van der Waals surface area (Å²) in [7, 11) is -2.93. The number of thioether (sulfide) groups is 1. The van der Waals surface area contributed by atoms with E-state index in [0.717, 1.165) is 5.56 Å². The molecule has 5 heteroatoms. The minimum Gasteiger partial charge on any atom is -0.293 e. The predicted octanol–water partition coefficient (Wildman–Crippen LogP) is 1.96. The minimum atomic E-state index is -2.93. The summed E-state index contributed by atoms with van der Waals surface area (Å²) in [5.74, 6) is 0.973. The summed E-state index contributed by atoms with van der Waals surface area (Å²) in [5.41, 5.74) is 1.74. The molecule has 94 valence electrons. The molecule has 0 unspecified atom stereocenters. The van der Waals surface area contributed by atoms with Crippen molar-refractivity contribution < 1.29 is 13.2 Å². The van der Waals surface area contributed by atoms with Gasteiger partial charge >= 0.3 is 0 Å². The van der Waals surface area contributed by atoms with Gasteiger partial charge in [0, 0.05) is 17.6 Å². The second-order valence-electron chi connectivity index (χ2n) is 3.98. The summed E-state index contributed by atoms with van der Waals surface area (Å²) in [5, 5.41) is 0. The van der Waals surface area contributed by atoms with Crippen molar-refractivity contribution in [2.75, 3.05) is 23.5 Å². The van der Waals surface area contributed by atoms with Crippen LogP contribution in [-0.2, 0) is 9.84 Å². The Kier molecular flexibility index (Phi) is 5.21. The van der Waals surface area contributed by atoms with E-state index < -0.39 is 9.84 Å². The molecule has 0 spiro atoms. The maximum Gasteiger partial charge on any atom is 0.172 e. The molecule has 0 aliphatic rings. The van der Waals surface area contributed by atoms with Gasteiger partial charge in [0.05, 0.1) is 11.5 Å².